The van der Waals surface area contributed by atoms with Gasteiger partial charge in [0.2, 0.25) is 5.82 Å². The molecule has 3 aromatic heterocycles. The Morgan fingerprint density at radius 2 is 1.30 bits per heavy atom. The van der Waals surface area contributed by atoms with Crippen LogP contribution in [0.2, 0.25) is 0 Å². The number of thiazole rings is 1. The lowest BCUT2D eigenvalue weighted by Crippen LogP contribution is -1.93. The van der Waals surface area contributed by atoms with Crippen LogP contribution in [0.25, 0.3) is 53.9 Å². The fraction of sp³-hybridized carbons (Fsp3) is 0. The lowest BCUT2D eigenvalue weighted by Gasteiger charge is -2.08. The van der Waals surface area contributed by atoms with Crippen molar-refractivity contribution in [2.45, 2.75) is 0 Å². The number of hydrogen-bond donors (Lipinski definition) is 0. The van der Waals surface area contributed by atoms with Crippen LogP contribution < -0.4 is 0 Å². The Kier molecular flexibility index (Phi) is 3.80. The number of nitroso groups, excluding NO2 is 1. The summed E-state index contributed by atoms with van der Waals surface area (Å²) < 4.78 is 5.20. The van der Waals surface area contributed by atoms with Gasteiger partial charge >= 0.3 is 0 Å². The van der Waals surface area contributed by atoms with Crippen LogP contribution in [-0.4, -0.2) is 14.0 Å². The van der Waals surface area contributed by atoms with Gasteiger partial charge < -0.3 is 4.57 Å². The third kappa shape index (κ3) is 2.55. The summed E-state index contributed by atoms with van der Waals surface area (Å²) in [5, 5.41) is 5.82. The average Bonchev–Trinajstić information content (AvgIpc) is 3.52. The molecule has 0 aliphatic heterocycles. The Hall–Kier alpha value is -4.29. The minimum atomic E-state index is 0.340. The van der Waals surface area contributed by atoms with Gasteiger partial charge in [-0.25, -0.2) is 4.98 Å². The number of hydrogen-bond acceptors (Lipinski definition) is 4. The molecular formula is C27H16N4OS. The lowest BCUT2D eigenvalue weighted by molar-refractivity contribution is 1.18. The molecule has 156 valence electrons. The van der Waals surface area contributed by atoms with E-state index < -0.39 is 0 Å². The van der Waals surface area contributed by atoms with E-state index in [0.717, 1.165) is 37.5 Å². The van der Waals surface area contributed by atoms with Crippen molar-refractivity contribution in [2.24, 2.45) is 5.18 Å². The van der Waals surface area contributed by atoms with Gasteiger partial charge in [-0.2, -0.15) is 0 Å². The Bertz CT molecular complexity index is 1790. The van der Waals surface area contributed by atoms with Gasteiger partial charge in [0.25, 0.3) is 0 Å². The molecule has 6 heteroatoms. The standard InChI is InChI=1S/C27H16N4OS/c32-29-26-25(28-27-31(26)23-11-5-6-12-24(23)33-27)17-13-15-18(16-14-17)30-21-9-3-1-7-19(21)20-8-2-4-10-22(20)30/h1-16H. The molecular weight excluding hydrogens is 428 g/mol. The molecule has 7 rings (SSSR count). The highest BCUT2D eigenvalue weighted by Gasteiger charge is 2.19. The molecule has 0 amide bonds. The van der Waals surface area contributed by atoms with Gasteiger partial charge in [-0.1, -0.05) is 72.0 Å². The van der Waals surface area contributed by atoms with Gasteiger partial charge in [-0.3, -0.25) is 4.40 Å². The van der Waals surface area contributed by atoms with Crippen LogP contribution in [0.4, 0.5) is 5.82 Å². The molecule has 0 saturated carbocycles. The van der Waals surface area contributed by atoms with Crippen molar-refractivity contribution >= 4 is 54.1 Å². The molecule has 33 heavy (non-hydrogen) atoms. The van der Waals surface area contributed by atoms with Crippen LogP contribution in [0.1, 0.15) is 0 Å². The topological polar surface area (TPSA) is 51.7 Å². The molecule has 0 atom stereocenters. The number of fused-ring (bicyclic) bond motifs is 6. The second kappa shape index (κ2) is 6.85. The summed E-state index contributed by atoms with van der Waals surface area (Å²) in [7, 11) is 0. The monoisotopic (exact) mass is 444 g/mol. The summed E-state index contributed by atoms with van der Waals surface area (Å²) in [5.41, 5.74) is 5.81. The first-order chi connectivity index (χ1) is 16.3. The maximum Gasteiger partial charge on any atom is 0.210 e. The largest absolute Gasteiger partial charge is 0.309 e. The number of para-hydroxylation sites is 3. The first-order valence-electron chi connectivity index (χ1n) is 10.7. The number of nitrogens with zero attached hydrogens (tertiary/aromatic N) is 4. The summed E-state index contributed by atoms with van der Waals surface area (Å²) >= 11 is 1.56. The number of rotatable bonds is 3. The van der Waals surface area contributed by atoms with Gasteiger partial charge in [-0.05, 0) is 41.6 Å². The average molecular weight is 445 g/mol. The molecule has 0 radical (unpaired) electrons. The molecule has 0 aliphatic carbocycles. The van der Waals surface area contributed by atoms with Gasteiger partial charge in [0.1, 0.15) is 5.69 Å². The van der Waals surface area contributed by atoms with E-state index in [1.165, 1.54) is 10.8 Å². The summed E-state index contributed by atoms with van der Waals surface area (Å²) in [6.45, 7) is 0. The zero-order valence-electron chi connectivity index (χ0n) is 17.3. The van der Waals surface area contributed by atoms with Crippen LogP contribution >= 0.6 is 11.3 Å². The molecule has 3 heterocycles. The first-order valence-corrected chi connectivity index (χ1v) is 11.5. The summed E-state index contributed by atoms with van der Waals surface area (Å²) in [5.74, 6) is 0.340. The molecule has 7 aromatic rings. The third-order valence-electron chi connectivity index (χ3n) is 6.20. The lowest BCUT2D eigenvalue weighted by atomic mass is 10.1. The van der Waals surface area contributed by atoms with Crippen molar-refractivity contribution < 1.29 is 0 Å². The van der Waals surface area contributed by atoms with Crippen LogP contribution in [0.5, 0.6) is 0 Å². The van der Waals surface area contributed by atoms with Gasteiger partial charge in [-0.15, -0.1) is 4.91 Å². The van der Waals surface area contributed by atoms with Crippen molar-refractivity contribution in [3.8, 4) is 16.9 Å². The van der Waals surface area contributed by atoms with E-state index in [-0.39, 0.29) is 0 Å². The van der Waals surface area contributed by atoms with Gasteiger partial charge in [0.15, 0.2) is 4.96 Å². The minimum Gasteiger partial charge on any atom is -0.309 e. The quantitative estimate of drug-likeness (QED) is 0.262. The fourth-order valence-corrected chi connectivity index (χ4v) is 5.77. The highest BCUT2D eigenvalue weighted by Crippen LogP contribution is 2.38. The summed E-state index contributed by atoms with van der Waals surface area (Å²) in [6.07, 6.45) is 0. The van der Waals surface area contributed by atoms with Crippen molar-refractivity contribution in [1.82, 2.24) is 14.0 Å². The van der Waals surface area contributed by atoms with Crippen LogP contribution in [0.15, 0.2) is 102 Å². The summed E-state index contributed by atoms with van der Waals surface area (Å²) in [4.78, 5) is 17.4. The first kappa shape index (κ1) is 18.3. The van der Waals surface area contributed by atoms with Gasteiger partial charge in [0.05, 0.1) is 21.3 Å². The van der Waals surface area contributed by atoms with Crippen molar-refractivity contribution in [3.05, 3.63) is 102 Å². The molecule has 0 unspecified atom stereocenters. The van der Waals surface area contributed by atoms with E-state index in [9.17, 15) is 4.91 Å². The second-order valence-corrected chi connectivity index (χ2v) is 8.99. The molecule has 0 spiro atoms. The van der Waals surface area contributed by atoms with Crippen LogP contribution in [0.3, 0.4) is 0 Å². The number of aromatic nitrogens is 3. The zero-order valence-corrected chi connectivity index (χ0v) is 18.2. The normalized spacial score (nSPS) is 11.8. The number of benzene rings is 4. The van der Waals surface area contributed by atoms with Crippen LogP contribution in [-0.2, 0) is 0 Å². The van der Waals surface area contributed by atoms with E-state index >= 15 is 0 Å². The molecule has 4 aromatic carbocycles. The Balaban J connectivity index is 1.41. The Morgan fingerprint density at radius 1 is 0.697 bits per heavy atom. The number of imidazole rings is 1. The maximum absolute atomic E-state index is 11.9. The van der Waals surface area contributed by atoms with E-state index in [1.807, 2.05) is 40.8 Å². The molecule has 0 fully saturated rings. The van der Waals surface area contributed by atoms with E-state index in [2.05, 4.69) is 70.4 Å². The fourth-order valence-electron chi connectivity index (χ4n) is 4.75. The van der Waals surface area contributed by atoms with E-state index in [0.29, 0.717) is 11.5 Å². The predicted octanol–water partition coefficient (Wildman–Crippen LogP) is 7.71. The molecule has 0 aliphatic rings. The minimum absolute atomic E-state index is 0.340. The molecule has 0 bridgehead atoms. The van der Waals surface area contributed by atoms with Crippen molar-refractivity contribution in [2.75, 3.05) is 0 Å². The maximum atomic E-state index is 11.9. The SMILES string of the molecule is O=Nc1c(-c2ccc(-n3c4ccccc4c4ccccc43)cc2)nc2sc3ccccc3n12. The Labute approximate surface area is 192 Å². The smallest absolute Gasteiger partial charge is 0.210 e. The van der Waals surface area contributed by atoms with Crippen LogP contribution in [0, 0.1) is 4.91 Å². The predicted molar refractivity (Wildman–Crippen MR) is 136 cm³/mol. The summed E-state index contributed by atoms with van der Waals surface area (Å²) in [6, 6.07) is 33.0. The van der Waals surface area contributed by atoms with Crippen molar-refractivity contribution in [3.63, 3.8) is 0 Å². The van der Waals surface area contributed by atoms with Gasteiger partial charge in [0, 0.05) is 22.0 Å². The highest BCUT2D eigenvalue weighted by molar-refractivity contribution is 7.23. The molecule has 0 N–H and O–H groups in total. The second-order valence-electron chi connectivity index (χ2n) is 7.98. The third-order valence-corrected chi connectivity index (χ3v) is 7.22. The van der Waals surface area contributed by atoms with Crippen molar-refractivity contribution in [1.29, 1.82) is 0 Å². The van der Waals surface area contributed by atoms with E-state index in [1.54, 1.807) is 11.3 Å². The molecule has 0 saturated heterocycles. The zero-order chi connectivity index (χ0) is 21.9. The Morgan fingerprint density at radius 3 is 1.97 bits per heavy atom. The highest BCUT2D eigenvalue weighted by atomic mass is 32.1. The van der Waals surface area contributed by atoms with E-state index in [4.69, 9.17) is 4.98 Å². The molecule has 5 nitrogen and oxygen atoms in total.